The zero-order valence-electron chi connectivity index (χ0n) is 9.90. The van der Waals surface area contributed by atoms with E-state index in [0.717, 1.165) is 15.6 Å². The molecule has 2 N–H and O–H groups in total. The van der Waals surface area contributed by atoms with E-state index >= 15 is 0 Å². The molecule has 0 aliphatic heterocycles. The fourth-order valence-corrected chi connectivity index (χ4v) is 2.12. The molecule has 0 saturated heterocycles. The summed E-state index contributed by atoms with van der Waals surface area (Å²) in [6.45, 7) is 0. The van der Waals surface area contributed by atoms with Crippen molar-refractivity contribution in [2.45, 2.75) is 0 Å². The first-order valence-electron chi connectivity index (χ1n) is 5.54. The van der Waals surface area contributed by atoms with Gasteiger partial charge in [0, 0.05) is 10.0 Å². The van der Waals surface area contributed by atoms with E-state index in [1.165, 1.54) is 0 Å². The molecule has 0 heterocycles. The van der Waals surface area contributed by atoms with E-state index in [1.54, 1.807) is 6.07 Å². The highest BCUT2D eigenvalue weighted by Gasteiger charge is 2.09. The summed E-state index contributed by atoms with van der Waals surface area (Å²) in [5.74, 6) is 0. The first-order valence-corrected chi connectivity index (χ1v) is 6.71. The minimum Gasteiger partial charge on any atom is -0.397 e. The summed E-state index contributed by atoms with van der Waals surface area (Å²) < 4.78 is 0.795. The van der Waals surface area contributed by atoms with Gasteiger partial charge in [0.1, 0.15) is 6.07 Å². The molecule has 0 aliphatic rings. The number of benzene rings is 2. The number of hydrogen-bond donors (Lipinski definition) is 1. The van der Waals surface area contributed by atoms with Crippen LogP contribution in [0.1, 0.15) is 11.1 Å². The average Bonchev–Trinajstić information content (AvgIpc) is 2.44. The predicted molar refractivity (Wildman–Crippen MR) is 82.2 cm³/mol. The van der Waals surface area contributed by atoms with Crippen LogP contribution < -0.4 is 5.73 Å². The van der Waals surface area contributed by atoms with Crippen molar-refractivity contribution in [2.24, 2.45) is 5.73 Å². The summed E-state index contributed by atoms with van der Waals surface area (Å²) in [5.41, 5.74) is 8.47. The second kappa shape index (κ2) is 5.92. The van der Waals surface area contributed by atoms with Crippen molar-refractivity contribution in [1.82, 2.24) is 0 Å². The Labute approximate surface area is 125 Å². The van der Waals surface area contributed by atoms with Crippen LogP contribution in [0.4, 0.5) is 0 Å². The third kappa shape index (κ3) is 2.98. The lowest BCUT2D eigenvalue weighted by Gasteiger charge is -2.07. The maximum absolute atomic E-state index is 9.30. The summed E-state index contributed by atoms with van der Waals surface area (Å²) in [6, 6.07) is 16.9. The standard InChI is InChI=1S/C15H10BrClN2/c16-13-7-6-11(8-14(13)17)15(19)12(9-18)10-4-2-1-3-5-10/h1-8H,19H2/b15-12-. The summed E-state index contributed by atoms with van der Waals surface area (Å²) >= 11 is 9.37. The highest BCUT2D eigenvalue weighted by atomic mass is 79.9. The molecule has 0 fully saturated rings. The van der Waals surface area contributed by atoms with E-state index in [2.05, 4.69) is 22.0 Å². The van der Waals surface area contributed by atoms with Crippen LogP contribution >= 0.6 is 27.5 Å². The van der Waals surface area contributed by atoms with E-state index in [1.807, 2.05) is 42.5 Å². The number of halogens is 2. The van der Waals surface area contributed by atoms with Gasteiger partial charge in [-0.3, -0.25) is 0 Å². The van der Waals surface area contributed by atoms with Gasteiger partial charge in [-0.05, 0) is 33.6 Å². The second-order valence-corrected chi connectivity index (χ2v) is 5.16. The number of allylic oxidation sites excluding steroid dienone is 1. The maximum Gasteiger partial charge on any atom is 0.102 e. The van der Waals surface area contributed by atoms with Crippen LogP contribution in [0.2, 0.25) is 5.02 Å². The summed E-state index contributed by atoms with van der Waals surface area (Å²) in [7, 11) is 0. The van der Waals surface area contributed by atoms with Crippen molar-refractivity contribution in [2.75, 3.05) is 0 Å². The Hall–Kier alpha value is -1.76. The van der Waals surface area contributed by atoms with Crippen molar-refractivity contribution >= 4 is 38.8 Å². The Morgan fingerprint density at radius 3 is 2.37 bits per heavy atom. The summed E-state index contributed by atoms with van der Waals surface area (Å²) in [6.07, 6.45) is 0. The van der Waals surface area contributed by atoms with Crippen LogP contribution in [0.3, 0.4) is 0 Å². The van der Waals surface area contributed by atoms with Crippen molar-refractivity contribution < 1.29 is 0 Å². The first kappa shape index (κ1) is 13.7. The summed E-state index contributed by atoms with van der Waals surface area (Å²) in [5, 5.41) is 9.87. The van der Waals surface area contributed by atoms with Gasteiger partial charge in [0.2, 0.25) is 0 Å². The van der Waals surface area contributed by atoms with Gasteiger partial charge < -0.3 is 5.73 Å². The Morgan fingerprint density at radius 2 is 1.79 bits per heavy atom. The molecular weight excluding hydrogens is 324 g/mol. The van der Waals surface area contributed by atoms with Gasteiger partial charge in [0.25, 0.3) is 0 Å². The molecule has 0 saturated carbocycles. The van der Waals surface area contributed by atoms with Crippen molar-refractivity contribution in [3.63, 3.8) is 0 Å². The lowest BCUT2D eigenvalue weighted by molar-refractivity contribution is 1.47. The summed E-state index contributed by atoms with van der Waals surface area (Å²) in [4.78, 5) is 0. The Kier molecular flexibility index (Phi) is 4.26. The number of nitriles is 1. The molecule has 0 aliphatic carbocycles. The van der Waals surface area contributed by atoms with Gasteiger partial charge in [-0.2, -0.15) is 5.26 Å². The smallest absolute Gasteiger partial charge is 0.102 e. The quantitative estimate of drug-likeness (QED) is 0.652. The van der Waals surface area contributed by atoms with Crippen LogP contribution in [0, 0.1) is 11.3 Å². The number of nitrogens with two attached hydrogens (primary N) is 1. The Morgan fingerprint density at radius 1 is 1.11 bits per heavy atom. The first-order chi connectivity index (χ1) is 9.13. The molecule has 2 aromatic carbocycles. The molecule has 2 nitrogen and oxygen atoms in total. The van der Waals surface area contributed by atoms with Crippen molar-refractivity contribution in [3.05, 3.63) is 69.2 Å². The van der Waals surface area contributed by atoms with Crippen LogP contribution in [0.25, 0.3) is 11.3 Å². The SMILES string of the molecule is N#C/C(=C(/N)c1ccc(Br)c(Cl)c1)c1ccccc1. The van der Waals surface area contributed by atoms with E-state index in [4.69, 9.17) is 17.3 Å². The zero-order valence-corrected chi connectivity index (χ0v) is 12.2. The molecule has 0 bridgehead atoms. The fourth-order valence-electron chi connectivity index (χ4n) is 1.69. The topological polar surface area (TPSA) is 49.8 Å². The van der Waals surface area contributed by atoms with Gasteiger partial charge in [-0.15, -0.1) is 0 Å². The van der Waals surface area contributed by atoms with Gasteiger partial charge >= 0.3 is 0 Å². The third-order valence-corrected chi connectivity index (χ3v) is 3.91. The zero-order chi connectivity index (χ0) is 13.8. The van der Waals surface area contributed by atoms with Gasteiger partial charge in [0.15, 0.2) is 0 Å². The fraction of sp³-hybridized carbons (Fsp3) is 0. The minimum atomic E-state index is 0.420. The van der Waals surface area contributed by atoms with E-state index in [0.29, 0.717) is 16.3 Å². The van der Waals surface area contributed by atoms with Crippen molar-refractivity contribution in [1.29, 1.82) is 5.26 Å². The lowest BCUT2D eigenvalue weighted by atomic mass is 10.0. The Balaban J connectivity index is 2.56. The van der Waals surface area contributed by atoms with Crippen LogP contribution in [-0.2, 0) is 0 Å². The monoisotopic (exact) mass is 332 g/mol. The molecule has 0 amide bonds. The molecule has 2 aromatic rings. The second-order valence-electron chi connectivity index (χ2n) is 3.90. The van der Waals surface area contributed by atoms with E-state index < -0.39 is 0 Å². The normalized spacial score (nSPS) is 11.6. The molecule has 0 unspecified atom stereocenters. The highest BCUT2D eigenvalue weighted by Crippen LogP contribution is 2.28. The molecule has 19 heavy (non-hydrogen) atoms. The predicted octanol–water partition coefficient (Wildman–Crippen LogP) is 4.45. The number of rotatable bonds is 2. The lowest BCUT2D eigenvalue weighted by Crippen LogP contribution is -2.00. The average molecular weight is 334 g/mol. The van der Waals surface area contributed by atoms with E-state index in [9.17, 15) is 5.26 Å². The molecule has 0 atom stereocenters. The molecule has 2 rings (SSSR count). The number of nitrogens with zero attached hydrogens (tertiary/aromatic N) is 1. The van der Waals surface area contributed by atoms with E-state index in [-0.39, 0.29) is 0 Å². The van der Waals surface area contributed by atoms with Gasteiger partial charge in [0.05, 0.1) is 16.3 Å². The van der Waals surface area contributed by atoms with Crippen LogP contribution in [0.5, 0.6) is 0 Å². The minimum absolute atomic E-state index is 0.420. The largest absolute Gasteiger partial charge is 0.397 e. The molecular formula is C15H10BrClN2. The molecule has 0 spiro atoms. The van der Waals surface area contributed by atoms with Crippen molar-refractivity contribution in [3.8, 4) is 6.07 Å². The molecule has 4 heteroatoms. The van der Waals surface area contributed by atoms with Gasteiger partial charge in [-0.1, -0.05) is 48.0 Å². The maximum atomic E-state index is 9.30. The highest BCUT2D eigenvalue weighted by molar-refractivity contribution is 9.10. The third-order valence-electron chi connectivity index (χ3n) is 2.67. The van der Waals surface area contributed by atoms with Gasteiger partial charge in [-0.25, -0.2) is 0 Å². The Bertz CT molecular complexity index is 672. The molecule has 0 aromatic heterocycles. The number of hydrogen-bond acceptors (Lipinski definition) is 2. The van der Waals surface area contributed by atoms with Crippen LogP contribution in [-0.4, -0.2) is 0 Å². The molecule has 0 radical (unpaired) electrons. The van der Waals surface area contributed by atoms with Crippen LogP contribution in [0.15, 0.2) is 53.0 Å². The molecule has 94 valence electrons.